The van der Waals surface area contributed by atoms with Gasteiger partial charge in [0.25, 0.3) is 11.8 Å². The number of carbonyl (C=O) groups is 3. The van der Waals surface area contributed by atoms with Crippen LogP contribution in [0, 0.1) is 11.7 Å². The van der Waals surface area contributed by atoms with Gasteiger partial charge in [0.2, 0.25) is 5.91 Å². The highest BCUT2D eigenvalue weighted by atomic mass is 32.1. The van der Waals surface area contributed by atoms with E-state index >= 15 is 0 Å². The average Bonchev–Trinajstić information content (AvgIpc) is 3.08. The molecule has 1 aromatic carbocycles. The maximum Gasteiger partial charge on any atom is 0.272 e. The van der Waals surface area contributed by atoms with Gasteiger partial charge in [-0.3, -0.25) is 19.3 Å². The lowest BCUT2D eigenvalue weighted by molar-refractivity contribution is -0.122. The molecule has 10 heteroatoms. The Morgan fingerprint density at radius 3 is 2.52 bits per heavy atom. The minimum Gasteiger partial charge on any atom is -0.395 e. The van der Waals surface area contributed by atoms with E-state index in [0.717, 1.165) is 6.42 Å². The number of nitrogens with one attached hydrogen (secondary N) is 1. The van der Waals surface area contributed by atoms with Crippen molar-refractivity contribution in [3.05, 3.63) is 40.7 Å². The largest absolute Gasteiger partial charge is 0.395 e. The second-order valence-electron chi connectivity index (χ2n) is 7.57. The number of nitrogen functional groups attached to an aromatic ring is 1. The first-order valence-electron chi connectivity index (χ1n) is 10.1. The minimum atomic E-state index is -0.898. The van der Waals surface area contributed by atoms with Crippen LogP contribution in [0.15, 0.2) is 24.3 Å². The molecule has 168 valence electrons. The van der Waals surface area contributed by atoms with E-state index in [4.69, 9.17) is 11.5 Å². The Morgan fingerprint density at radius 1 is 1.26 bits per heavy atom. The second kappa shape index (κ2) is 10.9. The first-order valence-corrected chi connectivity index (χ1v) is 10.9. The summed E-state index contributed by atoms with van der Waals surface area (Å²) in [5.74, 6) is -2.01. The van der Waals surface area contributed by atoms with Gasteiger partial charge in [-0.05, 0) is 48.5 Å². The van der Waals surface area contributed by atoms with E-state index in [1.807, 2.05) is 20.8 Å². The summed E-state index contributed by atoms with van der Waals surface area (Å²) in [4.78, 5) is 39.2. The molecule has 1 unspecified atom stereocenters. The molecule has 2 rings (SSSR count). The number of carbonyl (C=O) groups excluding carboxylic acids is 3. The van der Waals surface area contributed by atoms with Crippen molar-refractivity contribution < 1.29 is 18.8 Å². The fourth-order valence-corrected chi connectivity index (χ4v) is 3.80. The molecular weight excluding hydrogens is 421 g/mol. The van der Waals surface area contributed by atoms with E-state index in [0.29, 0.717) is 36.8 Å². The monoisotopic (exact) mass is 449 g/mol. The van der Waals surface area contributed by atoms with Crippen LogP contribution in [0.5, 0.6) is 0 Å². The minimum absolute atomic E-state index is 0.0332. The smallest absolute Gasteiger partial charge is 0.272 e. The zero-order valence-corrected chi connectivity index (χ0v) is 18.7. The van der Waals surface area contributed by atoms with Gasteiger partial charge in [0.15, 0.2) is 5.69 Å². The maximum atomic E-state index is 14.0. The van der Waals surface area contributed by atoms with E-state index in [1.54, 1.807) is 0 Å². The van der Waals surface area contributed by atoms with E-state index in [1.165, 1.54) is 29.2 Å². The van der Waals surface area contributed by atoms with Gasteiger partial charge < -0.3 is 16.8 Å². The average molecular weight is 450 g/mol. The number of nitrogens with two attached hydrogens (primary N) is 2. The van der Waals surface area contributed by atoms with Crippen molar-refractivity contribution in [2.45, 2.75) is 46.1 Å². The number of amides is 3. The van der Waals surface area contributed by atoms with Gasteiger partial charge >= 0.3 is 0 Å². The van der Waals surface area contributed by atoms with Gasteiger partial charge in [0.05, 0.1) is 5.69 Å². The van der Waals surface area contributed by atoms with E-state index in [9.17, 15) is 18.8 Å². The Labute approximate surface area is 185 Å². The lowest BCUT2D eigenvalue weighted by Crippen LogP contribution is -2.50. The van der Waals surface area contributed by atoms with Crippen LogP contribution in [0.25, 0.3) is 0 Å². The van der Waals surface area contributed by atoms with Crippen LogP contribution in [0.4, 0.5) is 15.8 Å². The summed E-state index contributed by atoms with van der Waals surface area (Å²) in [6.45, 7) is 6.42. The van der Waals surface area contributed by atoms with Crippen LogP contribution in [0.2, 0.25) is 0 Å². The molecule has 1 atom stereocenters. The molecule has 0 radical (unpaired) electrons. The summed E-state index contributed by atoms with van der Waals surface area (Å²) in [5.41, 5.74) is 11.0. The standard InChI is InChI=1S/C21H28FN5O3S/c1-4-6-15(20(29)25-10-9-12(2)3)27(14-8-5-7-13(22)11-14)21(30)18-16(23)17(19(24)28)26-31-18/h5,7-8,11-12,15H,4,6,9-10,23H2,1-3H3,(H2,24,28)(H,25,29). The number of benzene rings is 1. The number of anilines is 2. The van der Waals surface area contributed by atoms with E-state index in [2.05, 4.69) is 9.69 Å². The number of aromatic nitrogens is 1. The van der Waals surface area contributed by atoms with Crippen LogP contribution in [-0.2, 0) is 4.79 Å². The van der Waals surface area contributed by atoms with Gasteiger partial charge in [-0.2, -0.15) is 4.37 Å². The summed E-state index contributed by atoms with van der Waals surface area (Å²) < 4.78 is 17.9. The van der Waals surface area contributed by atoms with Gasteiger partial charge in [-0.15, -0.1) is 0 Å². The number of hydrogen-bond acceptors (Lipinski definition) is 6. The summed E-state index contributed by atoms with van der Waals surface area (Å²) in [7, 11) is 0. The molecule has 8 nitrogen and oxygen atoms in total. The third-order valence-corrected chi connectivity index (χ3v) is 5.51. The molecule has 1 heterocycles. The summed E-state index contributed by atoms with van der Waals surface area (Å²) in [6.07, 6.45) is 1.73. The van der Waals surface area contributed by atoms with Gasteiger partial charge in [-0.1, -0.05) is 33.3 Å². The molecular formula is C21H28FN5O3S. The number of nitrogens with zero attached hydrogens (tertiary/aromatic N) is 2. The fraction of sp³-hybridized carbons (Fsp3) is 0.429. The molecule has 1 aromatic heterocycles. The van der Waals surface area contributed by atoms with Crippen molar-refractivity contribution >= 4 is 40.6 Å². The van der Waals surface area contributed by atoms with Crippen molar-refractivity contribution in [3.8, 4) is 0 Å². The molecule has 0 aliphatic heterocycles. The Morgan fingerprint density at radius 2 is 1.97 bits per heavy atom. The molecule has 0 spiro atoms. The van der Waals surface area contributed by atoms with E-state index < -0.39 is 23.7 Å². The summed E-state index contributed by atoms with van der Waals surface area (Å²) >= 11 is 0.716. The lowest BCUT2D eigenvalue weighted by Gasteiger charge is -2.31. The predicted molar refractivity (Wildman–Crippen MR) is 119 cm³/mol. The number of halogens is 1. The van der Waals surface area contributed by atoms with Crippen LogP contribution < -0.4 is 21.7 Å². The lowest BCUT2D eigenvalue weighted by atomic mass is 10.1. The van der Waals surface area contributed by atoms with Gasteiger partial charge in [0, 0.05) is 12.2 Å². The Kier molecular flexibility index (Phi) is 8.49. The maximum absolute atomic E-state index is 14.0. The highest BCUT2D eigenvalue weighted by Gasteiger charge is 2.34. The highest BCUT2D eigenvalue weighted by Crippen LogP contribution is 2.29. The first-order chi connectivity index (χ1) is 14.7. The zero-order chi connectivity index (χ0) is 23.1. The van der Waals surface area contributed by atoms with Gasteiger partial charge in [-0.25, -0.2) is 4.39 Å². The number of primary amides is 1. The summed E-state index contributed by atoms with van der Waals surface area (Å²) in [5, 5.41) is 2.86. The van der Waals surface area contributed by atoms with Crippen LogP contribution in [0.1, 0.15) is 60.2 Å². The normalized spacial score (nSPS) is 11.9. The SMILES string of the molecule is CCCC(C(=O)NCCC(C)C)N(C(=O)c1snc(C(N)=O)c1N)c1cccc(F)c1. The van der Waals surface area contributed by atoms with Crippen molar-refractivity contribution in [2.24, 2.45) is 11.7 Å². The molecule has 2 aromatic rings. The van der Waals surface area contributed by atoms with Crippen LogP contribution in [0.3, 0.4) is 0 Å². The number of rotatable bonds is 10. The molecule has 5 N–H and O–H groups in total. The topological polar surface area (TPSA) is 131 Å². The van der Waals surface area contributed by atoms with Crippen LogP contribution in [-0.4, -0.2) is 34.7 Å². The highest BCUT2D eigenvalue weighted by molar-refractivity contribution is 7.09. The predicted octanol–water partition coefficient (Wildman–Crippen LogP) is 2.94. The quantitative estimate of drug-likeness (QED) is 0.513. The Hall–Kier alpha value is -3.01. The Balaban J connectivity index is 2.49. The fourth-order valence-electron chi connectivity index (χ4n) is 3.06. The molecule has 0 aliphatic carbocycles. The molecule has 0 aliphatic rings. The van der Waals surface area contributed by atoms with Crippen molar-refractivity contribution in [1.82, 2.24) is 9.69 Å². The summed E-state index contributed by atoms with van der Waals surface area (Å²) in [6, 6.07) is 4.52. The molecule has 0 bridgehead atoms. The van der Waals surface area contributed by atoms with Crippen molar-refractivity contribution in [2.75, 3.05) is 17.2 Å². The zero-order valence-electron chi connectivity index (χ0n) is 17.9. The van der Waals surface area contributed by atoms with Crippen LogP contribution >= 0.6 is 11.5 Å². The van der Waals surface area contributed by atoms with Crippen molar-refractivity contribution in [1.29, 1.82) is 0 Å². The second-order valence-corrected chi connectivity index (χ2v) is 8.34. The molecule has 3 amide bonds. The third-order valence-electron chi connectivity index (χ3n) is 4.66. The number of hydrogen-bond donors (Lipinski definition) is 3. The van der Waals surface area contributed by atoms with Crippen molar-refractivity contribution in [3.63, 3.8) is 0 Å². The molecule has 0 saturated carbocycles. The molecule has 0 saturated heterocycles. The first kappa shape index (κ1) is 24.3. The molecule has 31 heavy (non-hydrogen) atoms. The Bertz CT molecular complexity index is 947. The third kappa shape index (κ3) is 6.00. The van der Waals surface area contributed by atoms with Gasteiger partial charge in [0.1, 0.15) is 16.7 Å². The molecule has 0 fully saturated rings. The van der Waals surface area contributed by atoms with E-state index in [-0.39, 0.29) is 27.9 Å².